The summed E-state index contributed by atoms with van der Waals surface area (Å²) in [6, 6.07) is 4.51. The number of nitrogens with one attached hydrogen (secondary N) is 1. The summed E-state index contributed by atoms with van der Waals surface area (Å²) >= 11 is 0. The normalized spacial score (nSPS) is 20.5. The van der Waals surface area contributed by atoms with Gasteiger partial charge < -0.3 is 5.32 Å². The summed E-state index contributed by atoms with van der Waals surface area (Å²) < 4.78 is 1.31. The van der Waals surface area contributed by atoms with Crippen molar-refractivity contribution in [1.29, 1.82) is 0 Å². The van der Waals surface area contributed by atoms with E-state index in [0.29, 0.717) is 5.92 Å². The van der Waals surface area contributed by atoms with Crippen LogP contribution in [0, 0.1) is 16.0 Å². The van der Waals surface area contributed by atoms with E-state index >= 15 is 0 Å². The summed E-state index contributed by atoms with van der Waals surface area (Å²) in [5, 5.41) is 18.3. The number of carbonyl (C=O) groups is 1. The predicted molar refractivity (Wildman–Crippen MR) is 86.9 cm³/mol. The molecule has 0 unspecified atom stereocenters. The molecule has 2 atom stereocenters. The standard InChI is InChI=1S/C16H19N5O3/c1-11-4-2-3-5-13(11)19-16(22)12-6-7-14(15(8-12)21(23)24)20-10-17-9-18-20/h6-11,13H,2-5H2,1H3,(H,19,22)/t11-,13+/m0/s1. The molecule has 1 heterocycles. The summed E-state index contributed by atoms with van der Waals surface area (Å²) in [6.45, 7) is 2.13. The highest BCUT2D eigenvalue weighted by Gasteiger charge is 2.25. The SMILES string of the molecule is C[C@H]1CCCC[C@H]1NC(=O)c1ccc(-n2cncn2)c([N+](=O)[O-])c1. The highest BCUT2D eigenvalue weighted by atomic mass is 16.6. The first-order chi connectivity index (χ1) is 11.6. The van der Waals surface area contributed by atoms with E-state index in [1.165, 1.54) is 35.9 Å². The van der Waals surface area contributed by atoms with Crippen LogP contribution >= 0.6 is 0 Å². The average Bonchev–Trinajstić information content (AvgIpc) is 3.10. The molecule has 1 aromatic heterocycles. The zero-order valence-corrected chi connectivity index (χ0v) is 13.4. The number of benzene rings is 1. The predicted octanol–water partition coefficient (Wildman–Crippen LogP) is 2.48. The number of hydrogen-bond donors (Lipinski definition) is 1. The smallest absolute Gasteiger partial charge is 0.295 e. The van der Waals surface area contributed by atoms with Gasteiger partial charge in [-0.15, -0.1) is 0 Å². The molecule has 2 aromatic rings. The second-order valence-corrected chi connectivity index (χ2v) is 6.14. The quantitative estimate of drug-likeness (QED) is 0.685. The minimum atomic E-state index is -0.517. The van der Waals surface area contributed by atoms with Crippen LogP contribution in [0.5, 0.6) is 0 Å². The zero-order chi connectivity index (χ0) is 17.1. The molecule has 1 aliphatic carbocycles. The van der Waals surface area contributed by atoms with Gasteiger partial charge in [0.25, 0.3) is 11.6 Å². The van der Waals surface area contributed by atoms with Gasteiger partial charge in [0.05, 0.1) is 4.92 Å². The van der Waals surface area contributed by atoms with Crippen molar-refractivity contribution in [2.75, 3.05) is 0 Å². The van der Waals surface area contributed by atoms with Crippen LogP contribution in [0.15, 0.2) is 30.9 Å². The lowest BCUT2D eigenvalue weighted by Gasteiger charge is -2.29. The zero-order valence-electron chi connectivity index (χ0n) is 13.4. The molecule has 1 aliphatic rings. The Balaban J connectivity index is 1.84. The van der Waals surface area contributed by atoms with Gasteiger partial charge in [0.15, 0.2) is 0 Å². The molecule has 0 aliphatic heterocycles. The van der Waals surface area contributed by atoms with Gasteiger partial charge in [-0.1, -0.05) is 19.8 Å². The topological polar surface area (TPSA) is 103 Å². The fourth-order valence-electron chi connectivity index (χ4n) is 3.12. The molecular formula is C16H19N5O3. The highest BCUT2D eigenvalue weighted by molar-refractivity contribution is 5.95. The summed E-state index contributed by atoms with van der Waals surface area (Å²) in [4.78, 5) is 27.1. The molecule has 126 valence electrons. The van der Waals surface area contributed by atoms with Crippen molar-refractivity contribution in [2.45, 2.75) is 38.6 Å². The molecule has 3 rings (SSSR count). The van der Waals surface area contributed by atoms with E-state index in [4.69, 9.17) is 0 Å². The number of aromatic nitrogens is 3. The summed E-state index contributed by atoms with van der Waals surface area (Å²) in [6.07, 6.45) is 7.01. The van der Waals surface area contributed by atoms with Crippen LogP contribution in [-0.4, -0.2) is 31.6 Å². The highest BCUT2D eigenvalue weighted by Crippen LogP contribution is 2.26. The fourth-order valence-corrected chi connectivity index (χ4v) is 3.12. The maximum Gasteiger partial charge on any atom is 0.295 e. The molecule has 0 spiro atoms. The molecular weight excluding hydrogens is 310 g/mol. The molecule has 1 saturated carbocycles. The number of nitro benzene ring substituents is 1. The van der Waals surface area contributed by atoms with Gasteiger partial charge in [-0.25, -0.2) is 9.67 Å². The van der Waals surface area contributed by atoms with E-state index in [2.05, 4.69) is 22.3 Å². The summed E-state index contributed by atoms with van der Waals surface area (Å²) in [7, 11) is 0. The van der Waals surface area contributed by atoms with Crippen molar-refractivity contribution >= 4 is 11.6 Å². The Morgan fingerprint density at radius 3 is 2.83 bits per heavy atom. The minimum Gasteiger partial charge on any atom is -0.349 e. The Morgan fingerprint density at radius 1 is 1.38 bits per heavy atom. The maximum atomic E-state index is 12.5. The summed E-state index contributed by atoms with van der Waals surface area (Å²) in [5.74, 6) is 0.147. The van der Waals surface area contributed by atoms with E-state index < -0.39 is 4.92 Å². The Labute approximate surface area is 139 Å². The van der Waals surface area contributed by atoms with E-state index in [0.717, 1.165) is 19.3 Å². The Hall–Kier alpha value is -2.77. The van der Waals surface area contributed by atoms with E-state index in [1.807, 2.05) is 0 Å². The lowest BCUT2D eigenvalue weighted by atomic mass is 9.86. The molecule has 1 amide bonds. The molecule has 24 heavy (non-hydrogen) atoms. The monoisotopic (exact) mass is 329 g/mol. The summed E-state index contributed by atoms with van der Waals surface area (Å²) in [5.41, 5.74) is 0.383. The number of rotatable bonds is 4. The number of hydrogen-bond acceptors (Lipinski definition) is 5. The third kappa shape index (κ3) is 3.27. The molecule has 0 saturated heterocycles. The van der Waals surface area contributed by atoms with Crippen molar-refractivity contribution in [2.24, 2.45) is 5.92 Å². The first kappa shape index (κ1) is 16.1. The van der Waals surface area contributed by atoms with Crippen LogP contribution in [-0.2, 0) is 0 Å². The Bertz CT molecular complexity index is 744. The fraction of sp³-hybridized carbons (Fsp3) is 0.438. The third-order valence-corrected chi connectivity index (χ3v) is 4.53. The van der Waals surface area contributed by atoms with E-state index in [9.17, 15) is 14.9 Å². The largest absolute Gasteiger partial charge is 0.349 e. The van der Waals surface area contributed by atoms with Gasteiger partial charge in [0.2, 0.25) is 0 Å². The Kier molecular flexibility index (Phi) is 4.54. The molecule has 1 N–H and O–H groups in total. The van der Waals surface area contributed by atoms with Gasteiger partial charge in [-0.05, 0) is 30.9 Å². The molecule has 8 heteroatoms. The number of nitro groups is 1. The van der Waals surface area contributed by atoms with Gasteiger partial charge in [-0.2, -0.15) is 5.10 Å². The Morgan fingerprint density at radius 2 is 2.17 bits per heavy atom. The van der Waals surface area contributed by atoms with Gasteiger partial charge in [0.1, 0.15) is 18.3 Å². The molecule has 0 radical (unpaired) electrons. The van der Waals surface area contributed by atoms with Crippen LogP contribution in [0.1, 0.15) is 43.0 Å². The van der Waals surface area contributed by atoms with Crippen molar-refractivity contribution in [1.82, 2.24) is 20.1 Å². The van der Waals surface area contributed by atoms with Crippen LogP contribution in [0.3, 0.4) is 0 Å². The third-order valence-electron chi connectivity index (χ3n) is 4.53. The second-order valence-electron chi connectivity index (χ2n) is 6.14. The van der Waals surface area contributed by atoms with Crippen molar-refractivity contribution in [3.8, 4) is 5.69 Å². The van der Waals surface area contributed by atoms with Crippen LogP contribution < -0.4 is 5.32 Å². The van der Waals surface area contributed by atoms with Gasteiger partial charge >= 0.3 is 0 Å². The van der Waals surface area contributed by atoms with Crippen LogP contribution in [0.2, 0.25) is 0 Å². The first-order valence-corrected chi connectivity index (χ1v) is 8.00. The van der Waals surface area contributed by atoms with E-state index in [1.54, 1.807) is 6.07 Å². The minimum absolute atomic E-state index is 0.125. The second kappa shape index (κ2) is 6.77. The lowest BCUT2D eigenvalue weighted by Crippen LogP contribution is -2.41. The molecule has 8 nitrogen and oxygen atoms in total. The first-order valence-electron chi connectivity index (χ1n) is 8.00. The number of nitrogens with zero attached hydrogens (tertiary/aromatic N) is 4. The molecule has 1 fully saturated rings. The van der Waals surface area contributed by atoms with E-state index in [-0.39, 0.29) is 28.9 Å². The van der Waals surface area contributed by atoms with Gasteiger partial charge in [0, 0.05) is 17.7 Å². The van der Waals surface area contributed by atoms with Crippen molar-refractivity contribution < 1.29 is 9.72 Å². The van der Waals surface area contributed by atoms with Crippen molar-refractivity contribution in [3.63, 3.8) is 0 Å². The lowest BCUT2D eigenvalue weighted by molar-refractivity contribution is -0.384. The van der Waals surface area contributed by atoms with Crippen molar-refractivity contribution in [3.05, 3.63) is 46.5 Å². The van der Waals surface area contributed by atoms with Crippen LogP contribution in [0.25, 0.3) is 5.69 Å². The van der Waals surface area contributed by atoms with Crippen LogP contribution in [0.4, 0.5) is 5.69 Å². The number of carbonyl (C=O) groups excluding carboxylic acids is 1. The molecule has 1 aromatic carbocycles. The number of amides is 1. The molecule has 0 bridgehead atoms. The van der Waals surface area contributed by atoms with Gasteiger partial charge in [-0.3, -0.25) is 14.9 Å². The maximum absolute atomic E-state index is 12.5. The average molecular weight is 329 g/mol.